The molecule has 1 fully saturated rings. The summed E-state index contributed by atoms with van der Waals surface area (Å²) in [7, 11) is 0. The smallest absolute Gasteiger partial charge is 0.0807 e. The van der Waals surface area contributed by atoms with Gasteiger partial charge in [0, 0.05) is 23.0 Å². The number of aromatic nitrogens is 1. The minimum atomic E-state index is -0.209. The van der Waals surface area contributed by atoms with Crippen molar-refractivity contribution in [2.24, 2.45) is 0 Å². The molecule has 1 heterocycles. The van der Waals surface area contributed by atoms with Gasteiger partial charge in [-0.25, -0.2) is 0 Å². The summed E-state index contributed by atoms with van der Waals surface area (Å²) >= 11 is 0. The van der Waals surface area contributed by atoms with Gasteiger partial charge in [-0.2, -0.15) is 0 Å². The molecule has 16 heavy (non-hydrogen) atoms. The van der Waals surface area contributed by atoms with Gasteiger partial charge in [-0.1, -0.05) is 6.92 Å². The number of rotatable bonds is 2. The summed E-state index contributed by atoms with van der Waals surface area (Å²) in [5.41, 5.74) is 3.01. The van der Waals surface area contributed by atoms with Crippen LogP contribution in [0.15, 0.2) is 12.3 Å². The van der Waals surface area contributed by atoms with E-state index in [2.05, 4.69) is 23.8 Å². The molecule has 1 atom stereocenters. The van der Waals surface area contributed by atoms with Crippen LogP contribution in [0.1, 0.15) is 62.8 Å². The third-order valence-corrected chi connectivity index (χ3v) is 4.73. The maximum atomic E-state index is 9.99. The summed E-state index contributed by atoms with van der Waals surface area (Å²) in [5, 5.41) is 9.99. The third kappa shape index (κ3) is 1.29. The number of hydrogen-bond donors (Lipinski definition) is 1. The number of aliphatic hydroxyl groups excluding tert-OH is 1. The van der Waals surface area contributed by atoms with Crippen molar-refractivity contribution in [3.8, 4) is 0 Å². The van der Waals surface area contributed by atoms with E-state index in [0.29, 0.717) is 5.54 Å². The van der Waals surface area contributed by atoms with Crippen molar-refractivity contribution < 1.29 is 5.11 Å². The van der Waals surface area contributed by atoms with E-state index in [-0.39, 0.29) is 6.10 Å². The zero-order valence-corrected chi connectivity index (χ0v) is 10.1. The van der Waals surface area contributed by atoms with Crippen LogP contribution in [0.4, 0.5) is 0 Å². The predicted octanol–water partition coefficient (Wildman–Crippen LogP) is 3.15. The second-order valence-corrected chi connectivity index (χ2v) is 5.43. The first-order valence-corrected chi connectivity index (χ1v) is 6.65. The van der Waals surface area contributed by atoms with Crippen LogP contribution in [0.3, 0.4) is 0 Å². The van der Waals surface area contributed by atoms with Crippen molar-refractivity contribution in [3.63, 3.8) is 0 Å². The van der Waals surface area contributed by atoms with E-state index in [1.54, 1.807) is 0 Å². The van der Waals surface area contributed by atoms with Crippen LogP contribution in [0.5, 0.6) is 0 Å². The van der Waals surface area contributed by atoms with Crippen molar-refractivity contribution in [2.45, 2.75) is 63.5 Å². The molecule has 2 aliphatic rings. The maximum absolute atomic E-state index is 9.99. The first kappa shape index (κ1) is 10.4. The van der Waals surface area contributed by atoms with E-state index in [9.17, 15) is 5.11 Å². The van der Waals surface area contributed by atoms with Gasteiger partial charge >= 0.3 is 0 Å². The van der Waals surface area contributed by atoms with Crippen LogP contribution in [0.25, 0.3) is 0 Å². The Morgan fingerprint density at radius 1 is 1.44 bits per heavy atom. The highest BCUT2D eigenvalue weighted by atomic mass is 16.3. The van der Waals surface area contributed by atoms with E-state index >= 15 is 0 Å². The number of fused-ring (bicyclic) bond motifs is 1. The lowest BCUT2D eigenvalue weighted by molar-refractivity contribution is 0.123. The molecule has 1 saturated carbocycles. The van der Waals surface area contributed by atoms with Crippen LogP contribution in [0, 0.1) is 0 Å². The van der Waals surface area contributed by atoms with E-state index in [1.165, 1.54) is 36.9 Å². The monoisotopic (exact) mass is 219 g/mol. The molecule has 2 aliphatic carbocycles. The normalized spacial score (nSPS) is 27.2. The van der Waals surface area contributed by atoms with Gasteiger partial charge < -0.3 is 9.67 Å². The average molecular weight is 219 g/mol. The van der Waals surface area contributed by atoms with Crippen molar-refractivity contribution in [1.82, 2.24) is 4.57 Å². The molecule has 2 nitrogen and oxygen atoms in total. The minimum absolute atomic E-state index is 0.209. The predicted molar refractivity (Wildman–Crippen MR) is 64.4 cm³/mol. The lowest BCUT2D eigenvalue weighted by atomic mass is 9.74. The molecule has 0 radical (unpaired) electrons. The summed E-state index contributed by atoms with van der Waals surface area (Å²) in [6, 6.07) is 2.15. The van der Waals surface area contributed by atoms with Crippen LogP contribution in [-0.2, 0) is 12.0 Å². The first-order chi connectivity index (χ1) is 7.77. The lowest BCUT2D eigenvalue weighted by Crippen LogP contribution is -2.40. The maximum Gasteiger partial charge on any atom is 0.0807 e. The molecule has 3 rings (SSSR count). The Hall–Kier alpha value is -0.760. The quantitative estimate of drug-likeness (QED) is 0.812. The molecule has 88 valence electrons. The van der Waals surface area contributed by atoms with Gasteiger partial charge in [0.05, 0.1) is 6.10 Å². The summed E-state index contributed by atoms with van der Waals surface area (Å²) in [5.74, 6) is 0. The minimum Gasteiger partial charge on any atom is -0.388 e. The van der Waals surface area contributed by atoms with E-state index in [1.807, 2.05) is 0 Å². The number of aliphatic hydroxyl groups is 1. The molecule has 1 N–H and O–H groups in total. The lowest BCUT2D eigenvalue weighted by Gasteiger charge is -2.44. The van der Waals surface area contributed by atoms with Gasteiger partial charge in [-0.15, -0.1) is 0 Å². The Balaban J connectivity index is 2.02. The van der Waals surface area contributed by atoms with Crippen LogP contribution in [0.2, 0.25) is 0 Å². The molecule has 0 aliphatic heterocycles. The van der Waals surface area contributed by atoms with E-state index in [0.717, 1.165) is 19.3 Å². The zero-order chi connectivity index (χ0) is 11.2. The van der Waals surface area contributed by atoms with E-state index < -0.39 is 0 Å². The fourth-order valence-electron chi connectivity index (χ4n) is 3.46. The van der Waals surface area contributed by atoms with Crippen LogP contribution >= 0.6 is 0 Å². The summed E-state index contributed by atoms with van der Waals surface area (Å²) < 4.78 is 2.49. The molecular formula is C14H21NO. The molecule has 0 amide bonds. The fourth-order valence-corrected chi connectivity index (χ4v) is 3.46. The zero-order valence-electron chi connectivity index (χ0n) is 10.1. The highest BCUT2D eigenvalue weighted by Gasteiger charge is 2.39. The largest absolute Gasteiger partial charge is 0.388 e. The molecule has 0 saturated heterocycles. The average Bonchev–Trinajstić information content (AvgIpc) is 2.64. The highest BCUT2D eigenvalue weighted by molar-refractivity contribution is 5.29. The van der Waals surface area contributed by atoms with Crippen LogP contribution in [-0.4, -0.2) is 9.67 Å². The van der Waals surface area contributed by atoms with Gasteiger partial charge in [0.25, 0.3) is 0 Å². The van der Waals surface area contributed by atoms with Gasteiger partial charge in [-0.3, -0.25) is 0 Å². The Labute approximate surface area is 97.3 Å². The standard InChI is InChI=1S/C14H21NO/c1-2-14(8-4-9-14)15-10-7-11-12(15)5-3-6-13(11)16/h7,10,13,16H,2-6,8-9H2,1H3. The molecular weight excluding hydrogens is 198 g/mol. The Kier molecular flexibility index (Phi) is 2.36. The summed E-state index contributed by atoms with van der Waals surface area (Å²) in [4.78, 5) is 0. The van der Waals surface area contributed by atoms with Crippen molar-refractivity contribution >= 4 is 0 Å². The number of hydrogen-bond acceptors (Lipinski definition) is 1. The van der Waals surface area contributed by atoms with Crippen LogP contribution < -0.4 is 0 Å². The molecule has 1 unspecified atom stereocenters. The van der Waals surface area contributed by atoms with Gasteiger partial charge in [0.15, 0.2) is 0 Å². The number of nitrogens with zero attached hydrogens (tertiary/aromatic N) is 1. The molecule has 2 heteroatoms. The molecule has 0 spiro atoms. The van der Waals surface area contributed by atoms with Gasteiger partial charge in [-0.05, 0) is 51.0 Å². The molecule has 1 aromatic heterocycles. The molecule has 0 aromatic carbocycles. The first-order valence-electron chi connectivity index (χ1n) is 6.65. The van der Waals surface area contributed by atoms with Gasteiger partial charge in [0.1, 0.15) is 0 Å². The second kappa shape index (κ2) is 3.63. The van der Waals surface area contributed by atoms with Crippen molar-refractivity contribution in [3.05, 3.63) is 23.5 Å². The Morgan fingerprint density at radius 3 is 2.88 bits per heavy atom. The Bertz CT molecular complexity index is 384. The van der Waals surface area contributed by atoms with Crippen molar-refractivity contribution in [1.29, 1.82) is 0 Å². The van der Waals surface area contributed by atoms with Gasteiger partial charge in [0.2, 0.25) is 0 Å². The summed E-state index contributed by atoms with van der Waals surface area (Å²) in [6.45, 7) is 2.30. The summed E-state index contributed by atoms with van der Waals surface area (Å²) in [6.07, 6.45) is 10.5. The molecule has 0 bridgehead atoms. The highest BCUT2D eigenvalue weighted by Crippen LogP contribution is 2.45. The Morgan fingerprint density at radius 2 is 2.25 bits per heavy atom. The topological polar surface area (TPSA) is 25.2 Å². The third-order valence-electron chi connectivity index (χ3n) is 4.73. The van der Waals surface area contributed by atoms with E-state index in [4.69, 9.17) is 0 Å². The SMILES string of the molecule is CCC1(n2ccc3c2CCCC3O)CCC1. The second-order valence-electron chi connectivity index (χ2n) is 5.43. The van der Waals surface area contributed by atoms with Crippen molar-refractivity contribution in [2.75, 3.05) is 0 Å². The molecule has 1 aromatic rings. The fraction of sp³-hybridized carbons (Fsp3) is 0.714.